The molecule has 0 aliphatic carbocycles. The highest BCUT2D eigenvalue weighted by Crippen LogP contribution is 2.30. The Morgan fingerprint density at radius 3 is 2.28 bits per heavy atom. The molecule has 0 saturated heterocycles. The molecule has 0 aliphatic rings. The first-order valence-electron chi connectivity index (χ1n) is 12.6. The van der Waals surface area contributed by atoms with Gasteiger partial charge in [0.15, 0.2) is 0 Å². The van der Waals surface area contributed by atoms with Crippen LogP contribution in [0.15, 0.2) is 53.3 Å². The largest absolute Gasteiger partial charge is 0.329 e. The number of halogens is 2. The highest BCUT2D eigenvalue weighted by Gasteiger charge is 2.25. The van der Waals surface area contributed by atoms with Crippen LogP contribution in [0, 0.1) is 0 Å². The summed E-state index contributed by atoms with van der Waals surface area (Å²) in [6.07, 6.45) is 1.97. The molecule has 9 heteroatoms. The zero-order chi connectivity index (χ0) is 25.5. The Balaban J connectivity index is 1.67. The van der Waals surface area contributed by atoms with Crippen molar-refractivity contribution >= 4 is 0 Å². The molecule has 0 bridgehead atoms. The molecule has 0 saturated carbocycles. The molecule has 190 valence electrons. The maximum Gasteiger partial charge on any atom is 0.329 e. The number of rotatable bonds is 12. The summed E-state index contributed by atoms with van der Waals surface area (Å²) >= 11 is 0. The van der Waals surface area contributed by atoms with E-state index in [9.17, 15) is 13.6 Å². The number of nitrogens with zero attached hydrogens (tertiary/aromatic N) is 5. The van der Waals surface area contributed by atoms with Gasteiger partial charge >= 0.3 is 5.69 Å². The first-order valence-corrected chi connectivity index (χ1v) is 12.6. The summed E-state index contributed by atoms with van der Waals surface area (Å²) < 4.78 is 31.2. The Bertz CT molecular complexity index is 1310. The van der Waals surface area contributed by atoms with Crippen molar-refractivity contribution in [3.05, 3.63) is 76.0 Å². The van der Waals surface area contributed by atoms with Crippen LogP contribution in [0.5, 0.6) is 0 Å². The van der Waals surface area contributed by atoms with Gasteiger partial charge in [0.05, 0.1) is 6.54 Å². The lowest BCUT2D eigenvalue weighted by molar-refractivity contribution is 0.138. The number of aromatic nitrogens is 6. The van der Waals surface area contributed by atoms with E-state index in [1.165, 1.54) is 4.57 Å². The van der Waals surface area contributed by atoms with E-state index in [1.807, 2.05) is 55.5 Å². The summed E-state index contributed by atoms with van der Waals surface area (Å²) in [7, 11) is 0. The molecule has 0 fully saturated rings. The van der Waals surface area contributed by atoms with Gasteiger partial charge in [0, 0.05) is 17.8 Å². The number of tetrazole rings is 1. The number of imidazole rings is 1. The van der Waals surface area contributed by atoms with Crippen molar-refractivity contribution in [3.63, 3.8) is 0 Å². The zero-order valence-corrected chi connectivity index (χ0v) is 20.8. The third kappa shape index (κ3) is 5.45. The Hall–Kier alpha value is -3.62. The highest BCUT2D eigenvalue weighted by molar-refractivity contribution is 5.80. The number of alkyl halides is 2. The van der Waals surface area contributed by atoms with Gasteiger partial charge in [-0.05, 0) is 41.2 Å². The topological polar surface area (TPSA) is 81.4 Å². The maximum absolute atomic E-state index is 14.2. The summed E-state index contributed by atoms with van der Waals surface area (Å²) in [5, 5.41) is 14.3. The summed E-state index contributed by atoms with van der Waals surface area (Å²) in [5.74, 6) is 0.505. The van der Waals surface area contributed by atoms with Crippen LogP contribution < -0.4 is 5.69 Å². The van der Waals surface area contributed by atoms with Gasteiger partial charge in [0.1, 0.15) is 5.69 Å². The van der Waals surface area contributed by atoms with Gasteiger partial charge in [-0.25, -0.2) is 13.6 Å². The van der Waals surface area contributed by atoms with E-state index in [2.05, 4.69) is 27.5 Å². The van der Waals surface area contributed by atoms with Crippen molar-refractivity contribution in [2.75, 3.05) is 0 Å². The molecule has 2 aromatic carbocycles. The summed E-state index contributed by atoms with van der Waals surface area (Å²) in [4.78, 5) is 13.3. The van der Waals surface area contributed by atoms with Crippen molar-refractivity contribution in [2.24, 2.45) is 0 Å². The lowest BCUT2D eigenvalue weighted by Crippen LogP contribution is -2.26. The van der Waals surface area contributed by atoms with Gasteiger partial charge in [-0.1, -0.05) is 81.6 Å². The number of hydrogen-bond donors (Lipinski definition) is 1. The van der Waals surface area contributed by atoms with E-state index >= 15 is 0 Å². The third-order valence-corrected chi connectivity index (χ3v) is 6.45. The normalized spacial score (nSPS) is 11.5. The minimum atomic E-state index is -2.68. The fraction of sp³-hybridized carbons (Fsp3) is 0.407. The molecular weight excluding hydrogens is 462 g/mol. The molecule has 0 spiro atoms. The second kappa shape index (κ2) is 11.9. The fourth-order valence-electron chi connectivity index (χ4n) is 4.59. The molecule has 0 unspecified atom stereocenters. The average Bonchev–Trinajstić information content (AvgIpc) is 3.51. The number of hydrogen-bond acceptors (Lipinski definition) is 4. The third-order valence-electron chi connectivity index (χ3n) is 6.45. The quantitative estimate of drug-likeness (QED) is 0.244. The van der Waals surface area contributed by atoms with E-state index < -0.39 is 6.43 Å². The van der Waals surface area contributed by atoms with Crippen LogP contribution >= 0.6 is 0 Å². The fourth-order valence-corrected chi connectivity index (χ4v) is 4.59. The second-order valence-corrected chi connectivity index (χ2v) is 8.94. The first kappa shape index (κ1) is 25.5. The Morgan fingerprint density at radius 2 is 1.64 bits per heavy atom. The molecule has 0 aliphatic heterocycles. The minimum absolute atomic E-state index is 0.116. The lowest BCUT2D eigenvalue weighted by atomic mass is 9.98. The van der Waals surface area contributed by atoms with E-state index in [0.29, 0.717) is 30.9 Å². The standard InChI is InChI=1S/C27H32F2N6O/c1-3-5-9-17-34-24(25(28)29)23(12-6-4-2)35(27(34)36)18-19-13-15-20(16-14-19)21-10-7-8-11-22(21)26-30-32-33-31-26/h7-8,10-11,13-16,25H,3-6,9,12,17-18H2,1-2H3,(H,30,31,32,33). The van der Waals surface area contributed by atoms with E-state index in [1.54, 1.807) is 4.57 Å². The first-order chi connectivity index (χ1) is 17.5. The smallest absolute Gasteiger partial charge is 0.291 e. The molecule has 4 aromatic rings. The lowest BCUT2D eigenvalue weighted by Gasteiger charge is -2.11. The molecule has 36 heavy (non-hydrogen) atoms. The van der Waals surface area contributed by atoms with Gasteiger partial charge in [-0.15, -0.1) is 10.2 Å². The van der Waals surface area contributed by atoms with Crippen LogP contribution in [0.4, 0.5) is 8.78 Å². The van der Waals surface area contributed by atoms with E-state index in [0.717, 1.165) is 47.9 Å². The van der Waals surface area contributed by atoms with Crippen molar-refractivity contribution in [2.45, 2.75) is 71.9 Å². The number of aromatic amines is 1. The Kier molecular flexibility index (Phi) is 8.40. The van der Waals surface area contributed by atoms with Crippen LogP contribution in [0.3, 0.4) is 0 Å². The molecule has 1 N–H and O–H groups in total. The van der Waals surface area contributed by atoms with E-state index in [4.69, 9.17) is 0 Å². The summed E-state index contributed by atoms with van der Waals surface area (Å²) in [6, 6.07) is 15.6. The highest BCUT2D eigenvalue weighted by atomic mass is 19.3. The van der Waals surface area contributed by atoms with Gasteiger partial charge in [0.25, 0.3) is 6.43 Å². The average molecular weight is 495 g/mol. The SMILES string of the molecule is CCCCCn1c(C(F)F)c(CCCC)n(Cc2ccc(-c3ccccc3-c3nn[nH]n3)cc2)c1=O. The Labute approximate surface area is 209 Å². The minimum Gasteiger partial charge on any atom is -0.291 e. The van der Waals surface area contributed by atoms with Crippen molar-refractivity contribution in [3.8, 4) is 22.5 Å². The predicted octanol–water partition coefficient (Wildman–Crippen LogP) is 6.02. The predicted molar refractivity (Wildman–Crippen MR) is 136 cm³/mol. The Morgan fingerprint density at radius 1 is 0.917 bits per heavy atom. The second-order valence-electron chi connectivity index (χ2n) is 8.94. The van der Waals surface area contributed by atoms with E-state index in [-0.39, 0.29) is 17.9 Å². The molecule has 4 rings (SSSR count). The van der Waals surface area contributed by atoms with Crippen LogP contribution in [0.1, 0.15) is 69.3 Å². The maximum atomic E-state index is 14.2. The summed E-state index contributed by atoms with van der Waals surface area (Å²) in [5.41, 5.74) is 3.63. The van der Waals surface area contributed by atoms with Crippen molar-refractivity contribution in [1.82, 2.24) is 29.8 Å². The molecule has 2 aromatic heterocycles. The van der Waals surface area contributed by atoms with Gasteiger partial charge in [-0.3, -0.25) is 9.13 Å². The van der Waals surface area contributed by atoms with Gasteiger partial charge in [-0.2, -0.15) is 5.21 Å². The molecule has 0 radical (unpaired) electrons. The van der Waals surface area contributed by atoms with Gasteiger partial charge < -0.3 is 0 Å². The number of H-pyrrole nitrogens is 1. The number of benzene rings is 2. The molecule has 7 nitrogen and oxygen atoms in total. The number of unbranched alkanes of at least 4 members (excludes halogenated alkanes) is 3. The molecular formula is C27H32F2N6O. The molecule has 2 heterocycles. The van der Waals surface area contributed by atoms with Crippen molar-refractivity contribution < 1.29 is 8.78 Å². The molecule has 0 atom stereocenters. The monoisotopic (exact) mass is 494 g/mol. The van der Waals surface area contributed by atoms with Crippen LogP contribution in [0.25, 0.3) is 22.5 Å². The van der Waals surface area contributed by atoms with Crippen molar-refractivity contribution in [1.29, 1.82) is 0 Å². The zero-order valence-electron chi connectivity index (χ0n) is 20.8. The van der Waals surface area contributed by atoms with Crippen LogP contribution in [-0.4, -0.2) is 29.8 Å². The number of nitrogens with one attached hydrogen (secondary N) is 1. The van der Waals surface area contributed by atoms with Gasteiger partial charge in [0.2, 0.25) is 5.82 Å². The summed E-state index contributed by atoms with van der Waals surface area (Å²) in [6.45, 7) is 4.65. The van der Waals surface area contributed by atoms with Crippen LogP contribution in [0.2, 0.25) is 0 Å². The molecule has 0 amide bonds. The van der Waals surface area contributed by atoms with Crippen LogP contribution in [-0.2, 0) is 19.5 Å².